The van der Waals surface area contributed by atoms with Gasteiger partial charge in [0.05, 0.1) is 32.0 Å². The SMILES string of the molecule is CCNC(=NCc1cccc(OCCN2CCOCC2)c1)NCc1ccccn1.I. The number of guanidine groups is 1. The Kier molecular flexibility index (Phi) is 11.5. The molecule has 1 saturated heterocycles. The topological polar surface area (TPSA) is 71.0 Å². The molecule has 0 aliphatic carbocycles. The van der Waals surface area contributed by atoms with Crippen LogP contribution in [0.5, 0.6) is 5.75 Å². The molecule has 1 aromatic heterocycles. The summed E-state index contributed by atoms with van der Waals surface area (Å²) >= 11 is 0. The number of rotatable bonds is 9. The van der Waals surface area contributed by atoms with E-state index in [1.54, 1.807) is 6.20 Å². The van der Waals surface area contributed by atoms with E-state index < -0.39 is 0 Å². The first-order chi connectivity index (χ1) is 14.3. The number of morpholine rings is 1. The highest BCUT2D eigenvalue weighted by molar-refractivity contribution is 14.0. The molecule has 0 bridgehead atoms. The summed E-state index contributed by atoms with van der Waals surface area (Å²) in [5.74, 6) is 1.66. The molecule has 1 aliphatic heterocycles. The minimum atomic E-state index is 0. The number of halogens is 1. The number of nitrogens with one attached hydrogen (secondary N) is 2. The quantitative estimate of drug-likeness (QED) is 0.298. The highest BCUT2D eigenvalue weighted by Crippen LogP contribution is 2.14. The minimum absolute atomic E-state index is 0. The fraction of sp³-hybridized carbons (Fsp3) is 0.455. The summed E-state index contributed by atoms with van der Waals surface area (Å²) in [5, 5.41) is 6.59. The van der Waals surface area contributed by atoms with Gasteiger partial charge in [-0.3, -0.25) is 9.88 Å². The van der Waals surface area contributed by atoms with Gasteiger partial charge < -0.3 is 20.1 Å². The molecular formula is C22H32IN5O2. The van der Waals surface area contributed by atoms with Crippen LogP contribution in [0.1, 0.15) is 18.2 Å². The van der Waals surface area contributed by atoms with Crippen LogP contribution in [0.4, 0.5) is 0 Å². The summed E-state index contributed by atoms with van der Waals surface area (Å²) in [6.45, 7) is 9.28. The number of ether oxygens (including phenoxy) is 2. The minimum Gasteiger partial charge on any atom is -0.492 e. The fourth-order valence-electron chi connectivity index (χ4n) is 3.04. The van der Waals surface area contributed by atoms with Gasteiger partial charge in [-0.05, 0) is 36.8 Å². The second-order valence-electron chi connectivity index (χ2n) is 6.82. The smallest absolute Gasteiger partial charge is 0.191 e. The number of hydrogen-bond donors (Lipinski definition) is 2. The Morgan fingerprint density at radius 1 is 1.17 bits per heavy atom. The molecule has 2 aromatic rings. The van der Waals surface area contributed by atoms with E-state index in [-0.39, 0.29) is 24.0 Å². The van der Waals surface area contributed by atoms with Crippen LogP contribution in [0.25, 0.3) is 0 Å². The molecule has 7 nitrogen and oxygen atoms in total. The molecule has 0 atom stereocenters. The first-order valence-electron chi connectivity index (χ1n) is 10.3. The van der Waals surface area contributed by atoms with Crippen molar-refractivity contribution < 1.29 is 9.47 Å². The summed E-state index contributed by atoms with van der Waals surface area (Å²) in [6, 6.07) is 14.0. The van der Waals surface area contributed by atoms with Crippen LogP contribution in [-0.2, 0) is 17.8 Å². The molecule has 30 heavy (non-hydrogen) atoms. The van der Waals surface area contributed by atoms with E-state index in [9.17, 15) is 0 Å². The molecule has 0 radical (unpaired) electrons. The Balaban J connectivity index is 0.00000320. The zero-order chi connectivity index (χ0) is 20.2. The molecule has 0 saturated carbocycles. The van der Waals surface area contributed by atoms with E-state index in [0.29, 0.717) is 19.7 Å². The molecule has 2 heterocycles. The zero-order valence-corrected chi connectivity index (χ0v) is 19.9. The van der Waals surface area contributed by atoms with Crippen molar-refractivity contribution in [3.05, 3.63) is 59.9 Å². The summed E-state index contributed by atoms with van der Waals surface area (Å²) in [7, 11) is 0. The summed E-state index contributed by atoms with van der Waals surface area (Å²) in [6.07, 6.45) is 1.80. The Labute approximate surface area is 196 Å². The number of nitrogens with zero attached hydrogens (tertiary/aromatic N) is 3. The highest BCUT2D eigenvalue weighted by atomic mass is 127. The van der Waals surface area contributed by atoms with Gasteiger partial charge in [-0.2, -0.15) is 0 Å². The average Bonchev–Trinajstić information content (AvgIpc) is 2.77. The van der Waals surface area contributed by atoms with E-state index >= 15 is 0 Å². The average molecular weight is 525 g/mol. The van der Waals surface area contributed by atoms with Crippen LogP contribution in [0.15, 0.2) is 53.7 Å². The number of benzene rings is 1. The summed E-state index contributed by atoms with van der Waals surface area (Å²) in [5.41, 5.74) is 2.10. The number of aliphatic imine (C=N–C) groups is 1. The molecule has 0 spiro atoms. The van der Waals surface area contributed by atoms with Crippen LogP contribution in [0.2, 0.25) is 0 Å². The van der Waals surface area contributed by atoms with E-state index in [4.69, 9.17) is 9.47 Å². The first kappa shape index (κ1) is 24.4. The maximum Gasteiger partial charge on any atom is 0.191 e. The van der Waals surface area contributed by atoms with Crippen molar-refractivity contribution in [1.82, 2.24) is 20.5 Å². The molecule has 0 unspecified atom stereocenters. The monoisotopic (exact) mass is 525 g/mol. The van der Waals surface area contributed by atoms with Crippen LogP contribution in [0.3, 0.4) is 0 Å². The summed E-state index contributed by atoms with van der Waals surface area (Å²) < 4.78 is 11.3. The zero-order valence-electron chi connectivity index (χ0n) is 17.5. The van der Waals surface area contributed by atoms with Gasteiger partial charge in [-0.15, -0.1) is 24.0 Å². The predicted molar refractivity (Wildman–Crippen MR) is 131 cm³/mol. The lowest BCUT2D eigenvalue weighted by Crippen LogP contribution is -2.38. The highest BCUT2D eigenvalue weighted by Gasteiger charge is 2.09. The van der Waals surface area contributed by atoms with Gasteiger partial charge in [0.15, 0.2) is 5.96 Å². The number of hydrogen-bond acceptors (Lipinski definition) is 5. The van der Waals surface area contributed by atoms with Gasteiger partial charge >= 0.3 is 0 Å². The maximum absolute atomic E-state index is 5.94. The van der Waals surface area contributed by atoms with Crippen LogP contribution in [0, 0.1) is 0 Å². The lowest BCUT2D eigenvalue weighted by atomic mass is 10.2. The second kappa shape index (κ2) is 14.2. The molecule has 1 fully saturated rings. The molecule has 1 aliphatic rings. The third-order valence-electron chi connectivity index (χ3n) is 4.61. The third kappa shape index (κ3) is 8.85. The van der Waals surface area contributed by atoms with Crippen molar-refractivity contribution in [2.75, 3.05) is 46.0 Å². The predicted octanol–water partition coefficient (Wildman–Crippen LogP) is 2.67. The lowest BCUT2D eigenvalue weighted by molar-refractivity contribution is 0.0322. The number of pyridine rings is 1. The maximum atomic E-state index is 5.94. The van der Waals surface area contributed by atoms with E-state index in [1.165, 1.54) is 0 Å². The molecule has 2 N–H and O–H groups in total. The van der Waals surface area contributed by atoms with Crippen LogP contribution in [-0.4, -0.2) is 61.8 Å². The molecule has 164 valence electrons. The Morgan fingerprint density at radius 3 is 2.80 bits per heavy atom. The molecule has 1 aromatic carbocycles. The van der Waals surface area contributed by atoms with Crippen molar-refractivity contribution in [3.8, 4) is 5.75 Å². The van der Waals surface area contributed by atoms with E-state index in [1.807, 2.05) is 30.3 Å². The first-order valence-corrected chi connectivity index (χ1v) is 10.3. The fourth-order valence-corrected chi connectivity index (χ4v) is 3.04. The Bertz CT molecular complexity index is 754. The van der Waals surface area contributed by atoms with E-state index in [2.05, 4.69) is 44.6 Å². The van der Waals surface area contributed by atoms with Crippen molar-refractivity contribution in [2.45, 2.75) is 20.0 Å². The Morgan fingerprint density at radius 2 is 2.03 bits per heavy atom. The largest absolute Gasteiger partial charge is 0.492 e. The number of aromatic nitrogens is 1. The van der Waals surface area contributed by atoms with Gasteiger partial charge in [-0.25, -0.2) is 4.99 Å². The van der Waals surface area contributed by atoms with Crippen LogP contribution >= 0.6 is 24.0 Å². The van der Waals surface area contributed by atoms with Gasteiger partial charge in [0, 0.05) is 32.4 Å². The van der Waals surface area contributed by atoms with E-state index in [0.717, 1.165) is 62.4 Å². The summed E-state index contributed by atoms with van der Waals surface area (Å²) in [4.78, 5) is 11.4. The van der Waals surface area contributed by atoms with Crippen molar-refractivity contribution in [2.24, 2.45) is 4.99 Å². The van der Waals surface area contributed by atoms with Gasteiger partial charge in [0.2, 0.25) is 0 Å². The van der Waals surface area contributed by atoms with Crippen molar-refractivity contribution in [3.63, 3.8) is 0 Å². The normalized spacial score (nSPS) is 14.6. The van der Waals surface area contributed by atoms with Crippen molar-refractivity contribution in [1.29, 1.82) is 0 Å². The Hall–Kier alpha value is -1.91. The van der Waals surface area contributed by atoms with Gasteiger partial charge in [0.25, 0.3) is 0 Å². The molecular weight excluding hydrogens is 493 g/mol. The van der Waals surface area contributed by atoms with Crippen molar-refractivity contribution >= 4 is 29.9 Å². The van der Waals surface area contributed by atoms with Crippen LogP contribution < -0.4 is 15.4 Å². The third-order valence-corrected chi connectivity index (χ3v) is 4.61. The second-order valence-corrected chi connectivity index (χ2v) is 6.82. The molecule has 8 heteroatoms. The molecule has 3 rings (SSSR count). The standard InChI is InChI=1S/C22H31N5O2.HI/c1-2-23-22(26-18-20-7-3-4-9-24-20)25-17-19-6-5-8-21(16-19)29-15-12-27-10-13-28-14-11-27;/h3-9,16H,2,10-15,17-18H2,1H3,(H2,23,25,26);1H. The lowest BCUT2D eigenvalue weighted by Gasteiger charge is -2.26. The van der Waals surface area contributed by atoms with Gasteiger partial charge in [-0.1, -0.05) is 18.2 Å². The molecule has 0 amide bonds. The van der Waals surface area contributed by atoms with Gasteiger partial charge in [0.1, 0.15) is 12.4 Å².